The number of aromatic amines is 1. The van der Waals surface area contributed by atoms with Gasteiger partial charge in [-0.3, -0.25) is 4.79 Å². The first-order chi connectivity index (χ1) is 8.11. The Morgan fingerprint density at radius 3 is 2.88 bits per heavy atom. The average molecular weight is 231 g/mol. The summed E-state index contributed by atoms with van der Waals surface area (Å²) in [5.41, 5.74) is 14.2. The second kappa shape index (κ2) is 4.59. The first kappa shape index (κ1) is 11.7. The zero-order valence-corrected chi connectivity index (χ0v) is 9.86. The number of carbonyl (C=O) groups excluding carboxylic acids is 1. The molecule has 0 aliphatic rings. The molecule has 2 aromatic rings. The van der Waals surface area contributed by atoms with E-state index in [-0.39, 0.29) is 0 Å². The van der Waals surface area contributed by atoms with Crippen LogP contribution in [0.4, 0.5) is 0 Å². The highest BCUT2D eigenvalue weighted by Gasteiger charge is 2.13. The lowest BCUT2D eigenvalue weighted by molar-refractivity contribution is -0.119. The second-order valence-corrected chi connectivity index (χ2v) is 4.26. The number of primary amides is 1. The van der Waals surface area contributed by atoms with E-state index in [2.05, 4.69) is 24.0 Å². The van der Waals surface area contributed by atoms with Gasteiger partial charge in [0.2, 0.25) is 5.91 Å². The first-order valence-electron chi connectivity index (χ1n) is 5.75. The molecule has 1 heterocycles. The van der Waals surface area contributed by atoms with Crippen molar-refractivity contribution >= 4 is 16.8 Å². The van der Waals surface area contributed by atoms with Crippen LogP contribution in [-0.2, 0) is 17.6 Å². The summed E-state index contributed by atoms with van der Waals surface area (Å²) in [6.07, 6.45) is 3.36. The van der Waals surface area contributed by atoms with Crippen molar-refractivity contribution < 1.29 is 4.79 Å². The van der Waals surface area contributed by atoms with Gasteiger partial charge in [-0.05, 0) is 36.1 Å². The summed E-state index contributed by atoms with van der Waals surface area (Å²) in [7, 11) is 0. The molecular formula is C13H17N3O. The lowest BCUT2D eigenvalue weighted by Gasteiger charge is -2.06. The predicted octanol–water partition coefficient (Wildman–Crippen LogP) is 1.09. The lowest BCUT2D eigenvalue weighted by atomic mass is 10.0. The summed E-state index contributed by atoms with van der Waals surface area (Å²) < 4.78 is 0. The van der Waals surface area contributed by atoms with Crippen molar-refractivity contribution in [3.63, 3.8) is 0 Å². The van der Waals surface area contributed by atoms with Crippen LogP contribution in [0.1, 0.15) is 18.1 Å². The number of hydrogen-bond donors (Lipinski definition) is 3. The molecular weight excluding hydrogens is 214 g/mol. The van der Waals surface area contributed by atoms with Gasteiger partial charge in [0.1, 0.15) is 0 Å². The van der Waals surface area contributed by atoms with E-state index < -0.39 is 11.9 Å². The number of fused-ring (bicyclic) bond motifs is 1. The number of H-pyrrole nitrogens is 1. The van der Waals surface area contributed by atoms with E-state index in [0.29, 0.717) is 6.42 Å². The Bertz CT molecular complexity index is 545. The molecule has 90 valence electrons. The van der Waals surface area contributed by atoms with E-state index in [1.807, 2.05) is 12.3 Å². The number of nitrogens with one attached hydrogen (secondary N) is 1. The fourth-order valence-corrected chi connectivity index (χ4v) is 1.95. The predicted molar refractivity (Wildman–Crippen MR) is 68.6 cm³/mol. The molecule has 1 aromatic heterocycles. The Hall–Kier alpha value is -1.81. The quantitative estimate of drug-likeness (QED) is 0.735. The molecule has 17 heavy (non-hydrogen) atoms. The highest BCUT2D eigenvalue weighted by atomic mass is 16.1. The number of carbonyl (C=O) groups is 1. The fourth-order valence-electron chi connectivity index (χ4n) is 1.95. The van der Waals surface area contributed by atoms with Crippen molar-refractivity contribution in [2.24, 2.45) is 11.5 Å². The number of aryl methyl sites for hydroxylation is 1. The third-order valence-electron chi connectivity index (χ3n) is 3.05. The van der Waals surface area contributed by atoms with E-state index >= 15 is 0 Å². The van der Waals surface area contributed by atoms with Crippen LogP contribution in [-0.4, -0.2) is 16.9 Å². The van der Waals surface area contributed by atoms with Crippen molar-refractivity contribution in [3.8, 4) is 0 Å². The maximum absolute atomic E-state index is 11.0. The molecule has 0 aliphatic carbocycles. The van der Waals surface area contributed by atoms with Gasteiger partial charge >= 0.3 is 0 Å². The van der Waals surface area contributed by atoms with Crippen LogP contribution in [0.3, 0.4) is 0 Å². The third-order valence-corrected chi connectivity index (χ3v) is 3.05. The monoisotopic (exact) mass is 231 g/mol. The summed E-state index contributed by atoms with van der Waals surface area (Å²) in [6, 6.07) is 5.65. The molecule has 1 amide bonds. The number of aromatic nitrogens is 1. The molecule has 0 saturated carbocycles. The van der Waals surface area contributed by atoms with Gasteiger partial charge in [-0.2, -0.15) is 0 Å². The smallest absolute Gasteiger partial charge is 0.234 e. The number of amides is 1. The molecule has 5 N–H and O–H groups in total. The molecule has 4 heteroatoms. The summed E-state index contributed by atoms with van der Waals surface area (Å²) in [6.45, 7) is 2.11. The van der Waals surface area contributed by atoms with Gasteiger partial charge in [0.15, 0.2) is 0 Å². The Morgan fingerprint density at radius 2 is 2.24 bits per heavy atom. The van der Waals surface area contributed by atoms with Gasteiger partial charge in [0.05, 0.1) is 6.04 Å². The minimum Gasteiger partial charge on any atom is -0.368 e. The summed E-state index contributed by atoms with van der Waals surface area (Å²) in [5, 5.41) is 1.13. The van der Waals surface area contributed by atoms with Gasteiger partial charge in [-0.15, -0.1) is 0 Å². The number of nitrogens with two attached hydrogens (primary N) is 2. The molecule has 0 radical (unpaired) electrons. The molecule has 0 fully saturated rings. The topological polar surface area (TPSA) is 84.9 Å². The van der Waals surface area contributed by atoms with Crippen LogP contribution >= 0.6 is 0 Å². The summed E-state index contributed by atoms with van der Waals surface area (Å²) in [4.78, 5) is 14.1. The number of rotatable bonds is 4. The normalized spacial score (nSPS) is 12.8. The molecule has 0 unspecified atom stereocenters. The fraction of sp³-hybridized carbons (Fsp3) is 0.308. The van der Waals surface area contributed by atoms with E-state index in [0.717, 1.165) is 22.9 Å². The van der Waals surface area contributed by atoms with Gasteiger partial charge in [-0.25, -0.2) is 0 Å². The van der Waals surface area contributed by atoms with Gasteiger partial charge in [0.25, 0.3) is 0 Å². The maximum Gasteiger partial charge on any atom is 0.234 e. The SMILES string of the molecule is CCc1ccc2[nH]cc(C[C@H](N)C(N)=O)c2c1. The zero-order chi connectivity index (χ0) is 12.4. The van der Waals surface area contributed by atoms with Gasteiger partial charge < -0.3 is 16.5 Å². The summed E-state index contributed by atoms with van der Waals surface area (Å²) >= 11 is 0. The van der Waals surface area contributed by atoms with Gasteiger partial charge in [-0.1, -0.05) is 13.0 Å². The van der Waals surface area contributed by atoms with Crippen LogP contribution < -0.4 is 11.5 Å². The second-order valence-electron chi connectivity index (χ2n) is 4.26. The average Bonchev–Trinajstić information content (AvgIpc) is 2.71. The zero-order valence-electron chi connectivity index (χ0n) is 9.86. The Balaban J connectivity index is 2.37. The molecule has 1 aromatic carbocycles. The lowest BCUT2D eigenvalue weighted by Crippen LogP contribution is -2.38. The van der Waals surface area contributed by atoms with Crippen LogP contribution in [0.25, 0.3) is 10.9 Å². The van der Waals surface area contributed by atoms with Crippen LogP contribution in [0, 0.1) is 0 Å². The van der Waals surface area contributed by atoms with Crippen LogP contribution in [0.2, 0.25) is 0 Å². The van der Waals surface area contributed by atoms with Crippen molar-refractivity contribution in [1.82, 2.24) is 4.98 Å². The number of benzene rings is 1. The standard InChI is InChI=1S/C13H17N3O/c1-2-8-3-4-12-10(5-8)9(7-16-12)6-11(14)13(15)17/h3-5,7,11,16H,2,6,14H2,1H3,(H2,15,17)/t11-/m0/s1. The highest BCUT2D eigenvalue weighted by molar-refractivity contribution is 5.86. The van der Waals surface area contributed by atoms with Crippen molar-refractivity contribution in [3.05, 3.63) is 35.5 Å². The third kappa shape index (κ3) is 2.31. The molecule has 0 spiro atoms. The van der Waals surface area contributed by atoms with E-state index in [1.54, 1.807) is 0 Å². The molecule has 0 aliphatic heterocycles. The molecule has 2 rings (SSSR count). The maximum atomic E-state index is 11.0. The molecule has 1 atom stereocenters. The number of hydrogen-bond acceptors (Lipinski definition) is 2. The first-order valence-corrected chi connectivity index (χ1v) is 5.75. The minimum absolute atomic E-state index is 0.467. The molecule has 4 nitrogen and oxygen atoms in total. The van der Waals surface area contributed by atoms with E-state index in [9.17, 15) is 4.79 Å². The largest absolute Gasteiger partial charge is 0.368 e. The summed E-state index contributed by atoms with van der Waals surface area (Å²) in [5.74, 6) is -0.467. The Morgan fingerprint density at radius 1 is 1.47 bits per heavy atom. The van der Waals surface area contributed by atoms with Gasteiger partial charge in [0, 0.05) is 17.1 Å². The van der Waals surface area contributed by atoms with Crippen LogP contribution in [0.5, 0.6) is 0 Å². The Kier molecular flexibility index (Phi) is 3.15. The van der Waals surface area contributed by atoms with Crippen molar-refractivity contribution in [2.75, 3.05) is 0 Å². The van der Waals surface area contributed by atoms with E-state index in [4.69, 9.17) is 11.5 Å². The van der Waals surface area contributed by atoms with E-state index in [1.165, 1.54) is 5.56 Å². The van der Waals surface area contributed by atoms with Crippen molar-refractivity contribution in [1.29, 1.82) is 0 Å². The Labute approximate surface area is 100.0 Å². The highest BCUT2D eigenvalue weighted by Crippen LogP contribution is 2.21. The van der Waals surface area contributed by atoms with Crippen LogP contribution in [0.15, 0.2) is 24.4 Å². The molecule has 0 saturated heterocycles. The van der Waals surface area contributed by atoms with Crippen molar-refractivity contribution in [2.45, 2.75) is 25.8 Å². The molecule has 0 bridgehead atoms. The minimum atomic E-state index is -0.626.